The normalized spacial score (nSPS) is 31.8. The molecule has 7 nitrogen and oxygen atoms in total. The molecular weight excluding hydrogens is 619 g/mol. The molecule has 0 spiro atoms. The van der Waals surface area contributed by atoms with Gasteiger partial charge in [0.05, 0.1) is 24.3 Å². The molecule has 0 aromatic rings. The summed E-state index contributed by atoms with van der Waals surface area (Å²) in [5.74, 6) is 4.58. The van der Waals surface area contributed by atoms with Crippen molar-refractivity contribution in [1.29, 1.82) is 10.5 Å². The minimum Gasteiger partial charge on any atom is -0.463 e. The van der Waals surface area contributed by atoms with E-state index in [2.05, 4.69) is 45.8 Å². The van der Waals surface area contributed by atoms with E-state index >= 15 is 0 Å². The molecule has 0 aromatic carbocycles. The topological polar surface area (TPSA) is 78.0 Å². The van der Waals surface area contributed by atoms with E-state index in [0.717, 1.165) is 17.4 Å². The fraction of sp³-hybridized carbons (Fsp3) is 0.581. The quantitative estimate of drug-likeness (QED) is 0.171. The maximum atomic E-state index is 9.40. The minimum atomic E-state index is -0.716. The Labute approximate surface area is 300 Å². The molecule has 3 aliphatic carbocycles. The van der Waals surface area contributed by atoms with Crippen molar-refractivity contribution in [2.75, 3.05) is 0 Å². The fourth-order valence-electron chi connectivity index (χ4n) is 8.95. The third kappa shape index (κ3) is 9.69. The molecular formula is C43H53N5O2. The molecule has 0 radical (unpaired) electrons. The molecule has 2 aliphatic heterocycles. The van der Waals surface area contributed by atoms with Gasteiger partial charge in [0.2, 0.25) is 0 Å². The second kappa shape index (κ2) is 18.1. The van der Waals surface area contributed by atoms with E-state index in [-0.39, 0.29) is 11.6 Å². The van der Waals surface area contributed by atoms with Gasteiger partial charge in [-0.25, -0.2) is 16.7 Å². The predicted molar refractivity (Wildman–Crippen MR) is 197 cm³/mol. The molecule has 3 saturated carbocycles. The highest BCUT2D eigenvalue weighted by molar-refractivity contribution is 5.49. The zero-order chi connectivity index (χ0) is 35.5. The Morgan fingerprint density at radius 3 is 1.90 bits per heavy atom. The first-order valence-corrected chi connectivity index (χ1v) is 18.9. The molecule has 0 bridgehead atoms. The van der Waals surface area contributed by atoms with Crippen LogP contribution in [0.1, 0.15) is 111 Å². The monoisotopic (exact) mass is 671 g/mol. The Kier molecular flexibility index (Phi) is 13.4. The van der Waals surface area contributed by atoms with Crippen molar-refractivity contribution in [2.24, 2.45) is 23.7 Å². The lowest BCUT2D eigenvalue weighted by Crippen LogP contribution is -2.52. The number of hydrogen-bond donors (Lipinski definition) is 0. The number of nitrogens with zero attached hydrogens (tertiary/aromatic N) is 5. The zero-order valence-corrected chi connectivity index (χ0v) is 30.2. The van der Waals surface area contributed by atoms with Gasteiger partial charge in [-0.2, -0.15) is 5.26 Å². The highest BCUT2D eigenvalue weighted by Crippen LogP contribution is 2.41. The van der Waals surface area contributed by atoms with E-state index in [1.165, 1.54) is 89.9 Å². The van der Waals surface area contributed by atoms with E-state index in [1.807, 2.05) is 44.2 Å². The molecule has 5 rings (SSSR count). The Morgan fingerprint density at radius 1 is 0.820 bits per heavy atom. The van der Waals surface area contributed by atoms with Crippen molar-refractivity contribution in [1.82, 2.24) is 4.90 Å². The van der Waals surface area contributed by atoms with E-state index in [1.54, 1.807) is 6.08 Å². The van der Waals surface area contributed by atoms with Gasteiger partial charge in [-0.3, -0.25) is 9.74 Å². The molecule has 0 saturated heterocycles. The van der Waals surface area contributed by atoms with Crippen LogP contribution < -0.4 is 0 Å². The van der Waals surface area contributed by atoms with Crippen LogP contribution in [0.3, 0.4) is 0 Å². The van der Waals surface area contributed by atoms with Gasteiger partial charge < -0.3 is 9.47 Å². The number of ether oxygens (including phenoxy) is 2. The summed E-state index contributed by atoms with van der Waals surface area (Å²) in [4.78, 5) is 9.89. The van der Waals surface area contributed by atoms with Crippen molar-refractivity contribution in [3.05, 3.63) is 106 Å². The summed E-state index contributed by atoms with van der Waals surface area (Å²) in [6.07, 6.45) is 33.7. The first kappa shape index (κ1) is 37.0. The van der Waals surface area contributed by atoms with Gasteiger partial charge in [0.15, 0.2) is 6.07 Å². The van der Waals surface area contributed by atoms with Gasteiger partial charge in [0.25, 0.3) is 5.70 Å². The van der Waals surface area contributed by atoms with Gasteiger partial charge in [-0.1, -0.05) is 31.9 Å². The summed E-state index contributed by atoms with van der Waals surface area (Å²) in [6, 6.07) is 5.37. The maximum absolute atomic E-state index is 9.40. The van der Waals surface area contributed by atoms with Crippen molar-refractivity contribution < 1.29 is 9.47 Å². The summed E-state index contributed by atoms with van der Waals surface area (Å²) in [7, 11) is 0. The SMILES string of the molecule is [C-]#[N+]/C(C#N)=C1/C=C(C)OC(/C=C/C2CCC(N(C3CCC(/C=C/C4=CC(C(C#N)[N+]#[C-])C=C(C)O4)CC3)C3CCC(CCC)CC3)CC2)=C1. The average Bonchev–Trinajstić information content (AvgIpc) is 3.12. The van der Waals surface area contributed by atoms with E-state index in [9.17, 15) is 10.5 Å². The Balaban J connectivity index is 1.21. The number of nitriles is 2. The van der Waals surface area contributed by atoms with Crippen LogP contribution in [0.5, 0.6) is 0 Å². The summed E-state index contributed by atoms with van der Waals surface area (Å²) < 4.78 is 11.9. The largest absolute Gasteiger partial charge is 0.463 e. The van der Waals surface area contributed by atoms with Crippen LogP contribution in [0.4, 0.5) is 0 Å². The Hall–Kier alpha value is -4.30. The van der Waals surface area contributed by atoms with Crippen molar-refractivity contribution in [2.45, 2.75) is 135 Å². The van der Waals surface area contributed by atoms with Gasteiger partial charge in [-0.15, -0.1) is 0 Å². The lowest BCUT2D eigenvalue weighted by Gasteiger charge is -2.49. The van der Waals surface area contributed by atoms with E-state index in [0.29, 0.717) is 47.1 Å². The molecule has 0 aromatic heterocycles. The maximum Gasteiger partial charge on any atom is 0.316 e. The molecule has 2 heterocycles. The average molecular weight is 672 g/mol. The van der Waals surface area contributed by atoms with Gasteiger partial charge in [0, 0.05) is 18.1 Å². The van der Waals surface area contributed by atoms with Crippen LogP contribution in [-0.2, 0) is 9.47 Å². The highest BCUT2D eigenvalue weighted by atomic mass is 16.5. The fourth-order valence-corrected chi connectivity index (χ4v) is 8.95. The molecule has 2 unspecified atom stereocenters. The molecule has 7 heteroatoms. The molecule has 0 N–H and O–H groups in total. The molecule has 262 valence electrons. The van der Waals surface area contributed by atoms with Crippen LogP contribution >= 0.6 is 0 Å². The lowest BCUT2D eigenvalue weighted by atomic mass is 9.77. The van der Waals surface area contributed by atoms with Gasteiger partial charge in [0.1, 0.15) is 17.3 Å². The van der Waals surface area contributed by atoms with Crippen LogP contribution in [-0.4, -0.2) is 29.1 Å². The minimum absolute atomic E-state index is 0.0943. The van der Waals surface area contributed by atoms with E-state index in [4.69, 9.17) is 22.6 Å². The van der Waals surface area contributed by atoms with Gasteiger partial charge >= 0.3 is 6.04 Å². The Morgan fingerprint density at radius 2 is 1.38 bits per heavy atom. The predicted octanol–water partition coefficient (Wildman–Crippen LogP) is 10.6. The van der Waals surface area contributed by atoms with Crippen LogP contribution in [0.2, 0.25) is 0 Å². The van der Waals surface area contributed by atoms with Crippen molar-refractivity contribution in [3.8, 4) is 12.1 Å². The van der Waals surface area contributed by atoms with Crippen LogP contribution in [0.15, 0.2) is 82.9 Å². The lowest BCUT2D eigenvalue weighted by molar-refractivity contribution is 0.00797. The number of allylic oxidation sites excluding steroid dienone is 10. The molecule has 2 atom stereocenters. The second-order valence-corrected chi connectivity index (χ2v) is 14.9. The van der Waals surface area contributed by atoms with Crippen molar-refractivity contribution in [3.63, 3.8) is 0 Å². The smallest absolute Gasteiger partial charge is 0.316 e. The Bertz CT molecular complexity index is 1560. The first-order valence-electron chi connectivity index (χ1n) is 18.9. The standard InChI is InChI=1S/C43H53N5O2/c1-6-7-32-8-16-37(17-9-32)48(38-18-10-33(11-19-38)14-22-40-26-35(24-30(2)49-40)42(28-44)46-4)39-20-12-34(13-21-39)15-23-41-27-36(25-31(3)50-41)43(29-45)47-5/h14-15,22-27,32-35,37-39,42H,6-13,16-21H2,1-3H3/b22-14+,23-15+,43-36-. The molecule has 0 amide bonds. The second-order valence-electron chi connectivity index (χ2n) is 14.9. The number of rotatable bonds is 10. The summed E-state index contributed by atoms with van der Waals surface area (Å²) in [6.45, 7) is 20.8. The molecule has 3 fully saturated rings. The van der Waals surface area contributed by atoms with E-state index < -0.39 is 6.04 Å². The summed E-state index contributed by atoms with van der Waals surface area (Å²) in [5, 5.41) is 18.7. The third-order valence-corrected chi connectivity index (χ3v) is 11.5. The highest BCUT2D eigenvalue weighted by Gasteiger charge is 2.38. The van der Waals surface area contributed by atoms with Crippen LogP contribution in [0, 0.1) is 59.5 Å². The van der Waals surface area contributed by atoms with Gasteiger partial charge in [-0.05, 0) is 151 Å². The summed E-state index contributed by atoms with van der Waals surface area (Å²) >= 11 is 0. The first-order chi connectivity index (χ1) is 24.3. The number of hydrogen-bond acceptors (Lipinski definition) is 5. The van der Waals surface area contributed by atoms with Crippen LogP contribution in [0.25, 0.3) is 9.69 Å². The molecule has 50 heavy (non-hydrogen) atoms. The molecule has 5 aliphatic rings. The summed E-state index contributed by atoms with van der Waals surface area (Å²) in [5.41, 5.74) is 0.714. The third-order valence-electron chi connectivity index (χ3n) is 11.5. The zero-order valence-electron chi connectivity index (χ0n) is 30.2. The van der Waals surface area contributed by atoms with Crippen molar-refractivity contribution >= 4 is 0 Å².